The lowest BCUT2D eigenvalue weighted by Crippen LogP contribution is -1.94. The molecule has 0 aromatic heterocycles. The molecule has 0 fully saturated rings. The smallest absolute Gasteiger partial charge is 0.335 e. The SMILES string of the molecule is CCCC/C=C/CCSc1ccc(-c2ccc(C(=O)O)cc2)cc1. The molecule has 0 aliphatic carbocycles. The van der Waals surface area contributed by atoms with Crippen LogP contribution in [0.4, 0.5) is 0 Å². The Bertz CT molecular complexity index is 657. The summed E-state index contributed by atoms with van der Waals surface area (Å²) in [4.78, 5) is 12.2. The van der Waals surface area contributed by atoms with Crippen LogP contribution in [0.3, 0.4) is 0 Å². The topological polar surface area (TPSA) is 37.3 Å². The van der Waals surface area contributed by atoms with E-state index in [4.69, 9.17) is 5.11 Å². The monoisotopic (exact) mass is 340 g/mol. The largest absolute Gasteiger partial charge is 0.478 e. The molecule has 2 aromatic carbocycles. The van der Waals surface area contributed by atoms with E-state index in [1.54, 1.807) is 12.1 Å². The lowest BCUT2D eigenvalue weighted by Gasteiger charge is -2.05. The third kappa shape index (κ3) is 5.89. The van der Waals surface area contributed by atoms with Crippen LogP contribution in [-0.4, -0.2) is 16.8 Å². The second kappa shape index (κ2) is 9.99. The van der Waals surface area contributed by atoms with E-state index in [9.17, 15) is 4.79 Å². The molecule has 0 aliphatic heterocycles. The van der Waals surface area contributed by atoms with Gasteiger partial charge >= 0.3 is 5.97 Å². The molecule has 0 heterocycles. The quantitative estimate of drug-likeness (QED) is 0.331. The third-order valence-electron chi connectivity index (χ3n) is 3.76. The minimum Gasteiger partial charge on any atom is -0.478 e. The number of carbonyl (C=O) groups is 1. The van der Waals surface area contributed by atoms with Gasteiger partial charge in [-0.1, -0.05) is 56.2 Å². The first-order valence-electron chi connectivity index (χ1n) is 8.42. The standard InChI is InChI=1S/C21H24O2S/c1-2-3-4-5-6-7-16-24-20-14-12-18(13-15-20)17-8-10-19(11-9-17)21(22)23/h5-6,8-15H,2-4,7,16H2,1H3,(H,22,23)/b6-5+. The molecule has 0 radical (unpaired) electrons. The molecule has 0 bridgehead atoms. The van der Waals surface area contributed by atoms with Crippen molar-refractivity contribution in [3.8, 4) is 11.1 Å². The molecule has 0 atom stereocenters. The molecule has 2 rings (SSSR count). The molecule has 0 saturated heterocycles. The summed E-state index contributed by atoms with van der Waals surface area (Å²) in [5.74, 6) is 0.201. The Labute approximate surface area is 148 Å². The molecule has 1 N–H and O–H groups in total. The highest BCUT2D eigenvalue weighted by Gasteiger charge is 2.03. The first-order chi connectivity index (χ1) is 11.7. The van der Waals surface area contributed by atoms with Gasteiger partial charge in [0.05, 0.1) is 5.56 Å². The number of carboxylic acid groups (broad SMARTS) is 1. The number of rotatable bonds is 9. The first-order valence-corrected chi connectivity index (χ1v) is 9.41. The number of hydrogen-bond donors (Lipinski definition) is 1. The fraction of sp³-hybridized carbons (Fsp3) is 0.286. The normalized spacial score (nSPS) is 11.0. The van der Waals surface area contributed by atoms with Gasteiger partial charge in [-0.15, -0.1) is 11.8 Å². The van der Waals surface area contributed by atoms with E-state index in [1.165, 1.54) is 24.2 Å². The molecule has 126 valence electrons. The van der Waals surface area contributed by atoms with Crippen molar-refractivity contribution in [3.63, 3.8) is 0 Å². The van der Waals surface area contributed by atoms with Crippen LogP contribution < -0.4 is 0 Å². The molecular formula is C21H24O2S. The summed E-state index contributed by atoms with van der Waals surface area (Å²) < 4.78 is 0. The van der Waals surface area contributed by atoms with E-state index < -0.39 is 5.97 Å². The molecule has 0 amide bonds. The maximum atomic E-state index is 10.9. The molecular weight excluding hydrogens is 316 g/mol. The molecule has 3 heteroatoms. The second-order valence-electron chi connectivity index (χ2n) is 5.66. The number of aromatic carboxylic acids is 1. The van der Waals surface area contributed by atoms with Crippen LogP contribution in [0, 0.1) is 0 Å². The summed E-state index contributed by atoms with van der Waals surface area (Å²) in [6.45, 7) is 2.22. The molecule has 0 spiro atoms. The van der Waals surface area contributed by atoms with Crippen molar-refractivity contribution >= 4 is 17.7 Å². The number of unbranched alkanes of at least 4 members (excludes halogenated alkanes) is 2. The molecule has 0 unspecified atom stereocenters. The Morgan fingerprint density at radius 2 is 1.54 bits per heavy atom. The van der Waals surface area contributed by atoms with Crippen molar-refractivity contribution < 1.29 is 9.90 Å². The highest BCUT2D eigenvalue weighted by molar-refractivity contribution is 7.99. The number of allylic oxidation sites excluding steroid dienone is 2. The maximum Gasteiger partial charge on any atom is 0.335 e. The van der Waals surface area contributed by atoms with Crippen LogP contribution in [0.15, 0.2) is 65.6 Å². The van der Waals surface area contributed by atoms with Gasteiger partial charge in [-0.3, -0.25) is 0 Å². The van der Waals surface area contributed by atoms with Crippen molar-refractivity contribution in [2.45, 2.75) is 37.5 Å². The highest BCUT2D eigenvalue weighted by Crippen LogP contribution is 2.25. The third-order valence-corrected chi connectivity index (χ3v) is 4.81. The van der Waals surface area contributed by atoms with E-state index in [-0.39, 0.29) is 0 Å². The Hall–Kier alpha value is -2.00. The zero-order chi connectivity index (χ0) is 17.2. The van der Waals surface area contributed by atoms with Crippen molar-refractivity contribution in [1.82, 2.24) is 0 Å². The van der Waals surface area contributed by atoms with Gasteiger partial charge < -0.3 is 5.11 Å². The minimum atomic E-state index is -0.892. The number of thioether (sulfide) groups is 1. The van der Waals surface area contributed by atoms with Crippen LogP contribution >= 0.6 is 11.8 Å². The van der Waals surface area contributed by atoms with Crippen molar-refractivity contribution in [1.29, 1.82) is 0 Å². The van der Waals surface area contributed by atoms with Crippen LogP contribution in [0.2, 0.25) is 0 Å². The summed E-state index contributed by atoms with van der Waals surface area (Å²) >= 11 is 1.87. The Balaban J connectivity index is 1.84. The predicted molar refractivity (Wildman–Crippen MR) is 103 cm³/mol. The lowest BCUT2D eigenvalue weighted by atomic mass is 10.0. The summed E-state index contributed by atoms with van der Waals surface area (Å²) in [5.41, 5.74) is 2.46. The Morgan fingerprint density at radius 3 is 2.12 bits per heavy atom. The van der Waals surface area contributed by atoms with E-state index in [0.29, 0.717) is 5.56 Å². The second-order valence-corrected chi connectivity index (χ2v) is 6.83. The predicted octanol–water partition coefficient (Wildman–Crippen LogP) is 6.28. The summed E-state index contributed by atoms with van der Waals surface area (Å²) in [6.07, 6.45) is 9.39. The number of carboxylic acids is 1. The van der Waals surface area contributed by atoms with E-state index in [1.807, 2.05) is 23.9 Å². The average Bonchev–Trinajstić information content (AvgIpc) is 2.61. The molecule has 2 nitrogen and oxygen atoms in total. The van der Waals surface area contributed by atoms with Crippen LogP contribution in [0.25, 0.3) is 11.1 Å². The van der Waals surface area contributed by atoms with Crippen LogP contribution in [0.1, 0.15) is 43.0 Å². The van der Waals surface area contributed by atoms with Crippen molar-refractivity contribution in [2.24, 2.45) is 0 Å². The maximum absolute atomic E-state index is 10.9. The van der Waals surface area contributed by atoms with Crippen LogP contribution in [0.5, 0.6) is 0 Å². The summed E-state index contributed by atoms with van der Waals surface area (Å²) in [5, 5.41) is 8.94. The van der Waals surface area contributed by atoms with Gasteiger partial charge in [0.25, 0.3) is 0 Å². The molecule has 0 saturated carbocycles. The van der Waals surface area contributed by atoms with E-state index in [2.05, 4.69) is 43.3 Å². The Kier molecular flexibility index (Phi) is 7.63. The van der Waals surface area contributed by atoms with Crippen molar-refractivity contribution in [3.05, 3.63) is 66.2 Å². The van der Waals surface area contributed by atoms with E-state index in [0.717, 1.165) is 23.3 Å². The fourth-order valence-electron chi connectivity index (χ4n) is 2.35. The lowest BCUT2D eigenvalue weighted by molar-refractivity contribution is 0.0697. The average molecular weight is 340 g/mol. The zero-order valence-corrected chi connectivity index (χ0v) is 14.9. The Morgan fingerprint density at radius 1 is 0.958 bits per heavy atom. The number of hydrogen-bond acceptors (Lipinski definition) is 2. The van der Waals surface area contributed by atoms with Gasteiger partial charge in [0.1, 0.15) is 0 Å². The van der Waals surface area contributed by atoms with Gasteiger partial charge in [-0.25, -0.2) is 4.79 Å². The van der Waals surface area contributed by atoms with Crippen LogP contribution in [-0.2, 0) is 0 Å². The molecule has 24 heavy (non-hydrogen) atoms. The zero-order valence-electron chi connectivity index (χ0n) is 14.1. The van der Waals surface area contributed by atoms with Gasteiger partial charge in [-0.05, 0) is 48.2 Å². The summed E-state index contributed by atoms with van der Waals surface area (Å²) in [7, 11) is 0. The van der Waals surface area contributed by atoms with Gasteiger partial charge in [-0.2, -0.15) is 0 Å². The van der Waals surface area contributed by atoms with Gasteiger partial charge in [0.15, 0.2) is 0 Å². The van der Waals surface area contributed by atoms with Crippen molar-refractivity contribution in [2.75, 3.05) is 5.75 Å². The number of benzene rings is 2. The minimum absolute atomic E-state index is 0.318. The summed E-state index contributed by atoms with van der Waals surface area (Å²) in [6, 6.07) is 15.4. The van der Waals surface area contributed by atoms with Gasteiger partial charge in [0, 0.05) is 10.6 Å². The highest BCUT2D eigenvalue weighted by atomic mass is 32.2. The first kappa shape index (κ1) is 18.3. The van der Waals surface area contributed by atoms with Gasteiger partial charge in [0.2, 0.25) is 0 Å². The fourth-order valence-corrected chi connectivity index (χ4v) is 3.17. The molecule has 0 aliphatic rings. The molecule has 2 aromatic rings. The van der Waals surface area contributed by atoms with E-state index >= 15 is 0 Å².